The number of nitrogens with zero attached hydrogens (tertiary/aromatic N) is 2. The van der Waals surface area contributed by atoms with Crippen LogP contribution in [0.15, 0.2) is 5.10 Å². The topological polar surface area (TPSA) is 87.8 Å². The van der Waals surface area contributed by atoms with Gasteiger partial charge in [-0.25, -0.2) is 0 Å². The molecule has 0 aromatic heterocycles. The molecule has 1 saturated carbocycles. The zero-order valence-electron chi connectivity index (χ0n) is 11.6. The predicted octanol–water partition coefficient (Wildman–Crippen LogP) is 0.761. The molecule has 0 radical (unpaired) electrons. The van der Waals surface area contributed by atoms with Gasteiger partial charge < -0.3 is 5.73 Å². The summed E-state index contributed by atoms with van der Waals surface area (Å²) >= 11 is 4.70. The predicted molar refractivity (Wildman–Crippen MR) is 79.8 cm³/mol. The molecule has 1 aliphatic carbocycles. The van der Waals surface area contributed by atoms with E-state index in [1.165, 1.54) is 4.90 Å². The normalized spacial score (nSPS) is 27.9. The lowest BCUT2D eigenvalue weighted by Gasteiger charge is -2.22. The van der Waals surface area contributed by atoms with Crippen molar-refractivity contribution < 1.29 is 9.59 Å². The molecular weight excluding hydrogens is 276 g/mol. The van der Waals surface area contributed by atoms with Crippen LogP contribution < -0.4 is 11.2 Å². The highest BCUT2D eigenvalue weighted by molar-refractivity contribution is 7.80. The highest BCUT2D eigenvalue weighted by Crippen LogP contribution is 2.37. The third-order valence-electron chi connectivity index (χ3n) is 3.91. The second-order valence-corrected chi connectivity index (χ2v) is 5.73. The van der Waals surface area contributed by atoms with E-state index in [0.717, 1.165) is 18.6 Å². The minimum atomic E-state index is -0.250. The average Bonchev–Trinajstić information content (AvgIpc) is 2.66. The van der Waals surface area contributed by atoms with Gasteiger partial charge in [0.2, 0.25) is 11.8 Å². The number of nitrogens with one attached hydrogen (secondary N) is 1. The third kappa shape index (κ3) is 2.98. The first kappa shape index (κ1) is 14.9. The van der Waals surface area contributed by atoms with Gasteiger partial charge in [-0.05, 0) is 37.9 Å². The fourth-order valence-corrected chi connectivity index (χ4v) is 2.90. The Morgan fingerprint density at radius 3 is 2.80 bits per heavy atom. The summed E-state index contributed by atoms with van der Waals surface area (Å²) < 4.78 is 0. The summed E-state index contributed by atoms with van der Waals surface area (Å²) in [6.45, 7) is 2.59. The molecule has 2 atom stereocenters. The number of hydrogen-bond donors (Lipinski definition) is 2. The SMILES string of the molecule is CCCCN1C(=O)[C@H]2CC/C(=N\NC(N)=S)C[C@H]2C1=O. The van der Waals surface area contributed by atoms with E-state index >= 15 is 0 Å². The molecule has 0 aromatic rings. The number of amides is 2. The molecule has 1 saturated heterocycles. The van der Waals surface area contributed by atoms with E-state index in [-0.39, 0.29) is 28.8 Å². The van der Waals surface area contributed by atoms with Crippen molar-refractivity contribution in [2.24, 2.45) is 22.7 Å². The van der Waals surface area contributed by atoms with Crippen LogP contribution in [0.3, 0.4) is 0 Å². The smallest absolute Gasteiger partial charge is 0.233 e. The molecule has 2 fully saturated rings. The summed E-state index contributed by atoms with van der Waals surface area (Å²) in [6, 6.07) is 0. The molecule has 1 aliphatic heterocycles. The van der Waals surface area contributed by atoms with Gasteiger partial charge in [0.15, 0.2) is 5.11 Å². The zero-order valence-corrected chi connectivity index (χ0v) is 12.4. The number of fused-ring (bicyclic) bond motifs is 1. The van der Waals surface area contributed by atoms with Crippen LogP contribution in [0.1, 0.15) is 39.0 Å². The minimum Gasteiger partial charge on any atom is -0.375 e. The van der Waals surface area contributed by atoms with E-state index in [4.69, 9.17) is 18.0 Å². The summed E-state index contributed by atoms with van der Waals surface area (Å²) in [4.78, 5) is 26.0. The number of rotatable bonds is 4. The molecule has 7 heteroatoms. The van der Waals surface area contributed by atoms with Crippen LogP contribution in [0.5, 0.6) is 0 Å². The lowest BCUT2D eigenvalue weighted by molar-refractivity contribution is -0.139. The lowest BCUT2D eigenvalue weighted by Crippen LogP contribution is -2.32. The number of likely N-dealkylation sites (tertiary alicyclic amines) is 1. The van der Waals surface area contributed by atoms with Crippen molar-refractivity contribution in [3.63, 3.8) is 0 Å². The van der Waals surface area contributed by atoms with E-state index in [9.17, 15) is 9.59 Å². The van der Waals surface area contributed by atoms with Crippen LogP contribution in [0.4, 0.5) is 0 Å². The Labute approximate surface area is 123 Å². The van der Waals surface area contributed by atoms with E-state index in [1.54, 1.807) is 0 Å². The number of carbonyl (C=O) groups excluding carboxylic acids is 2. The summed E-state index contributed by atoms with van der Waals surface area (Å²) in [5.41, 5.74) is 8.74. The summed E-state index contributed by atoms with van der Waals surface area (Å²) in [7, 11) is 0. The maximum Gasteiger partial charge on any atom is 0.233 e. The monoisotopic (exact) mass is 296 g/mol. The van der Waals surface area contributed by atoms with E-state index in [2.05, 4.69) is 10.5 Å². The first-order chi connectivity index (χ1) is 9.54. The second kappa shape index (κ2) is 6.30. The molecule has 2 rings (SSSR count). The third-order valence-corrected chi connectivity index (χ3v) is 4.00. The van der Waals surface area contributed by atoms with Gasteiger partial charge in [0.05, 0.1) is 11.8 Å². The van der Waals surface area contributed by atoms with Crippen molar-refractivity contribution in [2.45, 2.75) is 39.0 Å². The summed E-state index contributed by atoms with van der Waals surface area (Å²) in [5, 5.41) is 4.22. The van der Waals surface area contributed by atoms with Crippen molar-refractivity contribution in [1.29, 1.82) is 0 Å². The highest BCUT2D eigenvalue weighted by Gasteiger charge is 2.49. The molecule has 0 bridgehead atoms. The number of carbonyl (C=O) groups is 2. The van der Waals surface area contributed by atoms with Crippen molar-refractivity contribution >= 4 is 34.9 Å². The van der Waals surface area contributed by atoms with Gasteiger partial charge in [0, 0.05) is 12.3 Å². The van der Waals surface area contributed by atoms with Gasteiger partial charge in [-0.3, -0.25) is 19.9 Å². The number of imide groups is 1. The van der Waals surface area contributed by atoms with Crippen LogP contribution >= 0.6 is 12.2 Å². The molecule has 1 heterocycles. The maximum atomic E-state index is 12.3. The minimum absolute atomic E-state index is 0.00481. The van der Waals surface area contributed by atoms with Gasteiger partial charge in [0.25, 0.3) is 0 Å². The van der Waals surface area contributed by atoms with E-state index < -0.39 is 0 Å². The zero-order chi connectivity index (χ0) is 14.7. The Hall–Kier alpha value is -1.50. The highest BCUT2D eigenvalue weighted by atomic mass is 32.1. The summed E-state index contributed by atoms with van der Waals surface area (Å²) in [6.07, 6.45) is 3.73. The maximum absolute atomic E-state index is 12.3. The van der Waals surface area contributed by atoms with Crippen LogP contribution in [0, 0.1) is 11.8 Å². The van der Waals surface area contributed by atoms with Crippen LogP contribution in [-0.2, 0) is 9.59 Å². The molecule has 0 unspecified atom stereocenters. The summed E-state index contributed by atoms with van der Waals surface area (Å²) in [5.74, 6) is -0.464. The molecule has 2 amide bonds. The molecule has 2 aliphatic rings. The number of unbranched alkanes of at least 4 members (excludes halogenated alkanes) is 1. The van der Waals surface area contributed by atoms with Crippen LogP contribution in [-0.4, -0.2) is 34.1 Å². The Morgan fingerprint density at radius 2 is 2.15 bits per heavy atom. The van der Waals surface area contributed by atoms with Gasteiger partial charge in [0.1, 0.15) is 0 Å². The van der Waals surface area contributed by atoms with Crippen molar-refractivity contribution in [2.75, 3.05) is 6.54 Å². The van der Waals surface area contributed by atoms with Crippen molar-refractivity contribution in [3.8, 4) is 0 Å². The standard InChI is InChI=1S/C13H20N4O2S/c1-2-3-6-17-11(18)9-5-4-8(15-16-13(14)20)7-10(9)12(17)19/h9-10H,2-7H2,1H3,(H3,14,16,20)/b15-8+/t9-,10+/m0/s1. The number of nitrogens with two attached hydrogens (primary N) is 1. The van der Waals surface area contributed by atoms with E-state index in [0.29, 0.717) is 25.8 Å². The van der Waals surface area contributed by atoms with Crippen molar-refractivity contribution in [3.05, 3.63) is 0 Å². The number of hydrogen-bond acceptors (Lipinski definition) is 4. The molecule has 20 heavy (non-hydrogen) atoms. The van der Waals surface area contributed by atoms with Gasteiger partial charge in [-0.2, -0.15) is 5.10 Å². The van der Waals surface area contributed by atoms with Crippen molar-refractivity contribution in [1.82, 2.24) is 10.3 Å². The molecule has 3 N–H and O–H groups in total. The fraction of sp³-hybridized carbons (Fsp3) is 0.692. The Morgan fingerprint density at radius 1 is 1.45 bits per heavy atom. The van der Waals surface area contributed by atoms with E-state index in [1.807, 2.05) is 6.92 Å². The molecule has 110 valence electrons. The Kier molecular flexibility index (Phi) is 4.69. The van der Waals surface area contributed by atoms with Gasteiger partial charge >= 0.3 is 0 Å². The number of hydrazone groups is 1. The van der Waals surface area contributed by atoms with Gasteiger partial charge in [-0.1, -0.05) is 13.3 Å². The second-order valence-electron chi connectivity index (χ2n) is 5.29. The Balaban J connectivity index is 2.05. The molecule has 0 aromatic carbocycles. The first-order valence-corrected chi connectivity index (χ1v) is 7.41. The Bertz CT molecular complexity index is 463. The quantitative estimate of drug-likeness (QED) is 0.454. The molecular formula is C13H20N4O2S. The van der Waals surface area contributed by atoms with Crippen LogP contribution in [0.2, 0.25) is 0 Å². The molecule has 0 spiro atoms. The molecule has 6 nitrogen and oxygen atoms in total. The first-order valence-electron chi connectivity index (χ1n) is 7.00. The number of thiocarbonyl (C=S) groups is 1. The van der Waals surface area contributed by atoms with Gasteiger partial charge in [-0.15, -0.1) is 0 Å². The fourth-order valence-electron chi connectivity index (χ4n) is 2.86. The lowest BCUT2D eigenvalue weighted by atomic mass is 9.80. The largest absolute Gasteiger partial charge is 0.375 e. The van der Waals surface area contributed by atoms with Crippen LogP contribution in [0.25, 0.3) is 0 Å². The average molecular weight is 296 g/mol.